The summed E-state index contributed by atoms with van der Waals surface area (Å²) in [5, 5.41) is 3.51. The van der Waals surface area contributed by atoms with E-state index in [0.717, 1.165) is 25.1 Å². The van der Waals surface area contributed by atoms with Gasteiger partial charge in [0.15, 0.2) is 0 Å². The highest BCUT2D eigenvalue weighted by molar-refractivity contribution is 5.71. The number of ether oxygens (including phenoxy) is 2. The van der Waals surface area contributed by atoms with Crippen molar-refractivity contribution in [2.24, 2.45) is 0 Å². The average Bonchev–Trinajstić information content (AvgIpc) is 2.42. The molecule has 1 aromatic rings. The van der Waals surface area contributed by atoms with Gasteiger partial charge >= 0.3 is 5.97 Å². The first-order chi connectivity index (χ1) is 9.17. The number of carbonyl (C=O) groups excluding carboxylic acids is 1. The Bertz CT molecular complexity index is 424. The van der Waals surface area contributed by atoms with Crippen LogP contribution in [0.5, 0.6) is 5.75 Å². The molecule has 0 unspecified atom stereocenters. The highest BCUT2D eigenvalue weighted by atomic mass is 16.5. The van der Waals surface area contributed by atoms with E-state index in [0.29, 0.717) is 6.42 Å². The molecule has 104 valence electrons. The average molecular weight is 263 g/mol. The first kappa shape index (κ1) is 13.9. The minimum absolute atomic E-state index is 0.0625. The van der Waals surface area contributed by atoms with Gasteiger partial charge in [0.05, 0.1) is 20.6 Å². The van der Waals surface area contributed by atoms with Gasteiger partial charge in [-0.05, 0) is 37.0 Å². The van der Waals surface area contributed by atoms with E-state index in [2.05, 4.69) is 5.32 Å². The molecule has 1 fully saturated rings. The Balaban J connectivity index is 1.90. The quantitative estimate of drug-likeness (QED) is 0.800. The summed E-state index contributed by atoms with van der Waals surface area (Å²) in [6, 6.07) is 7.97. The summed E-state index contributed by atoms with van der Waals surface area (Å²) in [4.78, 5) is 11.4. The van der Waals surface area contributed by atoms with Gasteiger partial charge < -0.3 is 14.8 Å². The zero-order valence-corrected chi connectivity index (χ0v) is 11.6. The lowest BCUT2D eigenvalue weighted by molar-refractivity contribution is -0.143. The van der Waals surface area contributed by atoms with E-state index in [1.165, 1.54) is 19.1 Å². The van der Waals surface area contributed by atoms with Gasteiger partial charge in [0.25, 0.3) is 0 Å². The summed E-state index contributed by atoms with van der Waals surface area (Å²) in [6.45, 7) is 0.765. The molecule has 0 aromatic heterocycles. The third kappa shape index (κ3) is 3.47. The van der Waals surface area contributed by atoms with Crippen molar-refractivity contribution in [3.8, 4) is 5.75 Å². The van der Waals surface area contributed by atoms with E-state index in [-0.39, 0.29) is 11.5 Å². The Morgan fingerprint density at radius 1 is 1.26 bits per heavy atom. The van der Waals surface area contributed by atoms with Crippen LogP contribution in [0.25, 0.3) is 0 Å². The molecule has 1 N–H and O–H groups in total. The Morgan fingerprint density at radius 2 is 1.95 bits per heavy atom. The molecule has 4 heteroatoms. The highest BCUT2D eigenvalue weighted by Gasteiger charge is 2.38. The maximum absolute atomic E-state index is 11.4. The molecule has 0 heterocycles. The maximum atomic E-state index is 11.4. The normalized spacial score (nSPS) is 16.5. The fourth-order valence-electron chi connectivity index (χ4n) is 2.40. The second-order valence-corrected chi connectivity index (χ2v) is 5.09. The Labute approximate surface area is 114 Å². The second-order valence-electron chi connectivity index (χ2n) is 5.09. The first-order valence-corrected chi connectivity index (χ1v) is 6.62. The number of carbonyl (C=O) groups is 1. The minimum Gasteiger partial charge on any atom is -0.497 e. The van der Waals surface area contributed by atoms with E-state index in [1.54, 1.807) is 7.11 Å². The van der Waals surface area contributed by atoms with Gasteiger partial charge in [0, 0.05) is 12.1 Å². The van der Waals surface area contributed by atoms with E-state index < -0.39 is 0 Å². The van der Waals surface area contributed by atoms with Gasteiger partial charge in [-0.2, -0.15) is 0 Å². The van der Waals surface area contributed by atoms with E-state index in [4.69, 9.17) is 9.47 Å². The van der Waals surface area contributed by atoms with Crippen molar-refractivity contribution in [1.29, 1.82) is 0 Å². The smallest absolute Gasteiger partial charge is 0.307 e. The number of esters is 1. The third-order valence-electron chi connectivity index (χ3n) is 3.85. The van der Waals surface area contributed by atoms with Crippen LogP contribution in [0.1, 0.15) is 31.2 Å². The molecule has 0 radical (unpaired) electrons. The van der Waals surface area contributed by atoms with Crippen LogP contribution < -0.4 is 10.1 Å². The molecule has 19 heavy (non-hydrogen) atoms. The maximum Gasteiger partial charge on any atom is 0.307 e. The van der Waals surface area contributed by atoms with Crippen LogP contribution in [0.2, 0.25) is 0 Å². The molecule has 1 aromatic carbocycles. The lowest BCUT2D eigenvalue weighted by Crippen LogP contribution is -2.52. The molecule has 0 bridgehead atoms. The molecule has 1 saturated carbocycles. The lowest BCUT2D eigenvalue weighted by Gasteiger charge is -2.42. The Kier molecular flexibility index (Phi) is 4.43. The zero-order chi connectivity index (χ0) is 13.7. The highest BCUT2D eigenvalue weighted by Crippen LogP contribution is 2.35. The number of benzene rings is 1. The number of hydrogen-bond donors (Lipinski definition) is 1. The summed E-state index contributed by atoms with van der Waals surface area (Å²) in [7, 11) is 3.10. The van der Waals surface area contributed by atoms with E-state index >= 15 is 0 Å². The van der Waals surface area contributed by atoms with Crippen LogP contribution in [0.15, 0.2) is 24.3 Å². The van der Waals surface area contributed by atoms with Gasteiger partial charge in [0.1, 0.15) is 5.75 Å². The fourth-order valence-corrected chi connectivity index (χ4v) is 2.40. The SMILES string of the molecule is COC(=O)CC1(NCc2ccc(OC)cc2)CCC1. The number of nitrogens with one attached hydrogen (secondary N) is 1. The summed E-state index contributed by atoms with van der Waals surface area (Å²) in [5.74, 6) is 0.721. The fraction of sp³-hybridized carbons (Fsp3) is 0.533. The molecule has 0 amide bonds. The molecule has 1 aliphatic rings. The Hall–Kier alpha value is -1.55. The van der Waals surface area contributed by atoms with Crippen LogP contribution in [-0.2, 0) is 16.1 Å². The summed E-state index contributed by atoms with van der Waals surface area (Å²) in [6.07, 6.45) is 3.71. The molecule has 2 rings (SSSR count). The van der Waals surface area contributed by atoms with Crippen molar-refractivity contribution in [3.63, 3.8) is 0 Å². The van der Waals surface area contributed by atoms with Crippen molar-refractivity contribution in [2.75, 3.05) is 14.2 Å². The van der Waals surface area contributed by atoms with Gasteiger partial charge in [-0.15, -0.1) is 0 Å². The second kappa shape index (κ2) is 6.06. The molecule has 0 atom stereocenters. The van der Waals surface area contributed by atoms with Crippen molar-refractivity contribution >= 4 is 5.97 Å². The number of rotatable bonds is 6. The van der Waals surface area contributed by atoms with Crippen molar-refractivity contribution in [2.45, 2.75) is 37.8 Å². The number of hydrogen-bond acceptors (Lipinski definition) is 4. The molecule has 0 spiro atoms. The van der Waals surface area contributed by atoms with Crippen LogP contribution in [-0.4, -0.2) is 25.7 Å². The molecule has 0 saturated heterocycles. The zero-order valence-electron chi connectivity index (χ0n) is 11.6. The molecule has 0 aliphatic heterocycles. The van der Waals surface area contributed by atoms with Gasteiger partial charge in [-0.1, -0.05) is 12.1 Å². The summed E-state index contributed by atoms with van der Waals surface area (Å²) < 4.78 is 9.90. The monoisotopic (exact) mass is 263 g/mol. The van der Waals surface area contributed by atoms with E-state index in [9.17, 15) is 4.79 Å². The topological polar surface area (TPSA) is 47.6 Å². The lowest BCUT2D eigenvalue weighted by atomic mass is 9.74. The largest absolute Gasteiger partial charge is 0.497 e. The van der Waals surface area contributed by atoms with Crippen molar-refractivity contribution in [1.82, 2.24) is 5.32 Å². The number of methoxy groups -OCH3 is 2. The Morgan fingerprint density at radius 3 is 2.42 bits per heavy atom. The van der Waals surface area contributed by atoms with Crippen LogP contribution in [0.4, 0.5) is 0 Å². The molecule has 4 nitrogen and oxygen atoms in total. The standard InChI is InChI=1S/C15H21NO3/c1-18-13-6-4-12(5-7-13)11-16-15(8-3-9-15)10-14(17)19-2/h4-7,16H,3,8-11H2,1-2H3. The third-order valence-corrected chi connectivity index (χ3v) is 3.85. The van der Waals surface area contributed by atoms with Crippen LogP contribution in [0.3, 0.4) is 0 Å². The van der Waals surface area contributed by atoms with Crippen LogP contribution in [0, 0.1) is 0 Å². The molecular formula is C15H21NO3. The van der Waals surface area contributed by atoms with Crippen LogP contribution >= 0.6 is 0 Å². The van der Waals surface area contributed by atoms with E-state index in [1.807, 2.05) is 24.3 Å². The van der Waals surface area contributed by atoms with Gasteiger partial charge in [-0.25, -0.2) is 0 Å². The van der Waals surface area contributed by atoms with Crippen molar-refractivity contribution in [3.05, 3.63) is 29.8 Å². The molecule has 1 aliphatic carbocycles. The van der Waals surface area contributed by atoms with Crippen molar-refractivity contribution < 1.29 is 14.3 Å². The summed E-state index contributed by atoms with van der Waals surface area (Å²) in [5.41, 5.74) is 1.13. The predicted molar refractivity (Wildman–Crippen MR) is 73.0 cm³/mol. The summed E-state index contributed by atoms with van der Waals surface area (Å²) >= 11 is 0. The molecular weight excluding hydrogens is 242 g/mol. The predicted octanol–water partition coefficient (Wildman–Crippen LogP) is 2.27. The van der Waals surface area contributed by atoms with Gasteiger partial charge in [-0.3, -0.25) is 4.79 Å². The minimum atomic E-state index is -0.137. The first-order valence-electron chi connectivity index (χ1n) is 6.62. The van der Waals surface area contributed by atoms with Gasteiger partial charge in [0.2, 0.25) is 0 Å².